The lowest BCUT2D eigenvalue weighted by atomic mass is 9.93. The van der Waals surface area contributed by atoms with E-state index in [4.69, 9.17) is 5.11 Å². The molecule has 1 spiro atoms. The summed E-state index contributed by atoms with van der Waals surface area (Å²) in [6.07, 6.45) is 6.74. The molecule has 1 aromatic carbocycles. The van der Waals surface area contributed by atoms with Crippen molar-refractivity contribution in [3.05, 3.63) is 41.7 Å². The summed E-state index contributed by atoms with van der Waals surface area (Å²) >= 11 is 1.45. The fraction of sp³-hybridized carbons (Fsp3) is 0.522. The number of aromatic nitrogens is 2. The second kappa shape index (κ2) is 9.44. The van der Waals surface area contributed by atoms with Gasteiger partial charge in [0.1, 0.15) is 0 Å². The molecule has 1 aliphatic heterocycles. The monoisotopic (exact) mass is 441 g/mol. The molecular weight excluding hydrogens is 410 g/mol. The third-order valence-electron chi connectivity index (χ3n) is 6.24. The lowest BCUT2D eigenvalue weighted by Crippen LogP contribution is -2.35. The van der Waals surface area contributed by atoms with Crippen molar-refractivity contribution in [2.24, 2.45) is 5.41 Å². The first-order chi connectivity index (χ1) is 15.0. The molecule has 2 aromatic rings. The topological polar surface area (TPSA) is 90.4 Å². The first-order valence-electron chi connectivity index (χ1n) is 11.0. The highest BCUT2D eigenvalue weighted by atomic mass is 32.2. The first kappa shape index (κ1) is 21.9. The van der Waals surface area contributed by atoms with Crippen LogP contribution in [0.4, 0.5) is 17.3 Å². The summed E-state index contributed by atoms with van der Waals surface area (Å²) in [5.74, 6) is 1.00. The summed E-state index contributed by atoms with van der Waals surface area (Å²) in [7, 11) is 0. The van der Waals surface area contributed by atoms with Crippen molar-refractivity contribution in [2.45, 2.75) is 45.4 Å². The van der Waals surface area contributed by atoms with E-state index in [1.54, 1.807) is 6.20 Å². The van der Waals surface area contributed by atoms with Gasteiger partial charge in [-0.2, -0.15) is 0 Å². The highest BCUT2D eigenvalue weighted by Crippen LogP contribution is 2.54. The Morgan fingerprint density at radius 1 is 1.23 bits per heavy atom. The molecule has 2 aliphatic rings. The number of hydrogen-bond acceptors (Lipinski definition) is 7. The van der Waals surface area contributed by atoms with E-state index in [0.717, 1.165) is 30.2 Å². The predicted molar refractivity (Wildman–Crippen MR) is 127 cm³/mol. The smallest absolute Gasteiger partial charge is 0.260 e. The number of carbonyl (C=O) groups is 1. The van der Waals surface area contributed by atoms with Gasteiger partial charge in [-0.25, -0.2) is 9.97 Å². The summed E-state index contributed by atoms with van der Waals surface area (Å²) in [5, 5.41) is 11.9. The fourth-order valence-electron chi connectivity index (χ4n) is 4.05. The third kappa shape index (κ3) is 5.30. The highest BCUT2D eigenvalue weighted by molar-refractivity contribution is 8.00. The molecule has 7 nitrogen and oxygen atoms in total. The highest BCUT2D eigenvalue weighted by Gasteiger charge is 2.44. The molecule has 1 aliphatic carbocycles. The average Bonchev–Trinajstić information content (AvgIpc) is 3.53. The average molecular weight is 442 g/mol. The van der Waals surface area contributed by atoms with Gasteiger partial charge in [0, 0.05) is 36.4 Å². The van der Waals surface area contributed by atoms with Gasteiger partial charge in [0.25, 0.3) is 5.91 Å². The number of carbonyl (C=O) groups excluding carboxylic acids is 1. The zero-order valence-electron chi connectivity index (χ0n) is 18.2. The van der Waals surface area contributed by atoms with Crippen LogP contribution in [0.5, 0.6) is 0 Å². The number of hydrogen-bond donors (Lipinski definition) is 3. The minimum Gasteiger partial charge on any atom is -0.395 e. The van der Waals surface area contributed by atoms with Gasteiger partial charge in [0.2, 0.25) is 5.95 Å². The molecule has 0 unspecified atom stereocenters. The molecule has 3 N–H and O–H groups in total. The lowest BCUT2D eigenvalue weighted by molar-refractivity contribution is 0.102. The van der Waals surface area contributed by atoms with E-state index >= 15 is 0 Å². The van der Waals surface area contributed by atoms with E-state index in [9.17, 15) is 4.79 Å². The van der Waals surface area contributed by atoms with Crippen molar-refractivity contribution in [1.82, 2.24) is 9.97 Å². The van der Waals surface area contributed by atoms with Crippen molar-refractivity contribution in [1.29, 1.82) is 0 Å². The number of aliphatic hydroxyl groups is 1. The largest absolute Gasteiger partial charge is 0.395 e. The molecule has 2 fully saturated rings. The lowest BCUT2D eigenvalue weighted by Gasteiger charge is -2.35. The standard InChI is InChI=1S/C23H31N5O2S/c1-16(2)19-5-10-24-22(25-19)26-21(30)18-4-3-17(27-31-14-13-29)15-20(18)28-11-8-23(6-7-23)9-12-28/h3-5,10,15-16,27,29H,6-9,11-14H2,1-2H3,(H,24,25,26,30). The Morgan fingerprint density at radius 2 is 2.00 bits per heavy atom. The predicted octanol–water partition coefficient (Wildman–Crippen LogP) is 4.29. The van der Waals surface area contributed by atoms with Crippen molar-refractivity contribution >= 4 is 35.2 Å². The molecular formula is C23H31N5O2S. The second-order valence-electron chi connectivity index (χ2n) is 8.81. The Hall–Kier alpha value is -2.32. The normalized spacial score (nSPS) is 17.1. The van der Waals surface area contributed by atoms with Crippen LogP contribution in [0.2, 0.25) is 0 Å². The van der Waals surface area contributed by atoms with Gasteiger partial charge in [0.15, 0.2) is 0 Å². The Kier molecular flexibility index (Phi) is 6.67. The van der Waals surface area contributed by atoms with Gasteiger partial charge in [-0.1, -0.05) is 25.8 Å². The van der Waals surface area contributed by atoms with E-state index in [1.807, 2.05) is 24.3 Å². The van der Waals surface area contributed by atoms with Gasteiger partial charge in [-0.3, -0.25) is 10.1 Å². The molecule has 0 atom stereocenters. The molecule has 31 heavy (non-hydrogen) atoms. The molecule has 2 heterocycles. The number of anilines is 3. The molecule has 8 heteroatoms. The minimum absolute atomic E-state index is 0.120. The van der Waals surface area contributed by atoms with E-state index in [-0.39, 0.29) is 18.4 Å². The fourth-order valence-corrected chi connectivity index (χ4v) is 4.54. The van der Waals surface area contributed by atoms with Gasteiger partial charge >= 0.3 is 0 Å². The maximum atomic E-state index is 13.2. The Morgan fingerprint density at radius 3 is 2.68 bits per heavy atom. The Labute approximate surface area is 188 Å². The van der Waals surface area contributed by atoms with Crippen LogP contribution in [0.15, 0.2) is 30.5 Å². The van der Waals surface area contributed by atoms with E-state index < -0.39 is 0 Å². The van der Waals surface area contributed by atoms with Crippen molar-refractivity contribution in [3.8, 4) is 0 Å². The molecule has 166 valence electrons. The molecule has 4 rings (SSSR count). The van der Waals surface area contributed by atoms with Crippen LogP contribution in [0.25, 0.3) is 0 Å². The Bertz CT molecular complexity index is 922. The van der Waals surface area contributed by atoms with Gasteiger partial charge in [0.05, 0.1) is 17.9 Å². The summed E-state index contributed by atoms with van der Waals surface area (Å²) in [5.41, 5.74) is 3.95. The Balaban J connectivity index is 1.56. The first-order valence-corrected chi connectivity index (χ1v) is 12.0. The van der Waals surface area contributed by atoms with Crippen LogP contribution in [-0.4, -0.2) is 46.4 Å². The van der Waals surface area contributed by atoms with Crippen molar-refractivity contribution in [2.75, 3.05) is 40.4 Å². The van der Waals surface area contributed by atoms with Crippen LogP contribution in [-0.2, 0) is 0 Å². The maximum absolute atomic E-state index is 13.2. The summed E-state index contributed by atoms with van der Waals surface area (Å²) in [6.45, 7) is 6.18. The van der Waals surface area contributed by atoms with E-state index in [1.165, 1.54) is 37.6 Å². The summed E-state index contributed by atoms with van der Waals surface area (Å²) in [4.78, 5) is 24.2. The van der Waals surface area contributed by atoms with Crippen LogP contribution < -0.4 is 14.9 Å². The second-order valence-corrected chi connectivity index (χ2v) is 9.71. The number of amides is 1. The molecule has 1 saturated heterocycles. The molecule has 1 saturated carbocycles. The number of piperidine rings is 1. The van der Waals surface area contributed by atoms with Crippen LogP contribution in [0.3, 0.4) is 0 Å². The van der Waals surface area contributed by atoms with Gasteiger partial charge in [-0.05, 0) is 61.3 Å². The number of aliphatic hydroxyl groups excluding tert-OH is 1. The van der Waals surface area contributed by atoms with Crippen LogP contribution >= 0.6 is 11.9 Å². The molecule has 0 radical (unpaired) electrons. The zero-order chi connectivity index (χ0) is 21.8. The summed E-state index contributed by atoms with van der Waals surface area (Å²) in [6, 6.07) is 7.67. The van der Waals surface area contributed by atoms with Gasteiger partial charge in [-0.15, -0.1) is 0 Å². The summed E-state index contributed by atoms with van der Waals surface area (Å²) < 4.78 is 3.26. The van der Waals surface area contributed by atoms with Crippen LogP contribution in [0.1, 0.15) is 61.5 Å². The maximum Gasteiger partial charge on any atom is 0.260 e. The number of nitrogens with zero attached hydrogens (tertiary/aromatic N) is 3. The molecule has 1 aromatic heterocycles. The van der Waals surface area contributed by atoms with E-state index in [0.29, 0.717) is 22.7 Å². The minimum atomic E-state index is -0.197. The van der Waals surface area contributed by atoms with Crippen molar-refractivity contribution < 1.29 is 9.90 Å². The van der Waals surface area contributed by atoms with Crippen molar-refractivity contribution in [3.63, 3.8) is 0 Å². The molecule has 1 amide bonds. The number of benzene rings is 1. The number of rotatable bonds is 8. The van der Waals surface area contributed by atoms with E-state index in [2.05, 4.69) is 38.8 Å². The molecule has 0 bridgehead atoms. The van der Waals surface area contributed by atoms with Crippen LogP contribution in [0, 0.1) is 5.41 Å². The third-order valence-corrected chi connectivity index (χ3v) is 7.01. The zero-order valence-corrected chi connectivity index (χ0v) is 19.0. The SMILES string of the molecule is CC(C)c1ccnc(NC(=O)c2ccc(NSCCO)cc2N2CCC3(CC2)CC3)n1. The van der Waals surface area contributed by atoms with Gasteiger partial charge < -0.3 is 14.7 Å². The quantitative estimate of drug-likeness (QED) is 0.416. The number of nitrogens with one attached hydrogen (secondary N) is 2.